The topological polar surface area (TPSA) is 65.4 Å². The number of nitrogens with one attached hydrogen (secondary N) is 1. The van der Waals surface area contributed by atoms with E-state index >= 15 is 4.39 Å². The van der Waals surface area contributed by atoms with Gasteiger partial charge in [0.05, 0.1) is 23.6 Å². The first-order valence-corrected chi connectivity index (χ1v) is 11.6. The first kappa shape index (κ1) is 24.8. The Labute approximate surface area is 205 Å². The highest BCUT2D eigenvalue weighted by molar-refractivity contribution is 5.94. The van der Waals surface area contributed by atoms with Gasteiger partial charge in [-0.25, -0.2) is 18.8 Å². The van der Waals surface area contributed by atoms with Gasteiger partial charge in [-0.2, -0.15) is 4.99 Å². The molecule has 0 fully saturated rings. The number of allylic oxidation sites excluding steroid dienone is 1. The van der Waals surface area contributed by atoms with E-state index in [1.165, 1.54) is 13.0 Å². The van der Waals surface area contributed by atoms with Crippen molar-refractivity contribution in [2.45, 2.75) is 59.4 Å². The number of anilines is 1. The molecule has 3 heterocycles. The minimum Gasteiger partial charge on any atom is -0.481 e. The standard InChI is InChI=1S/C26H32F2N6O/c1-15(2)34-14-26(4,5)35-24-19(28)10-18(11-21(24)34)23(16(3)27)32-25(29-6)31-22-9-8-17-12-33(7)13-20(17)30-22/h8-11,15H,6,12-14H2,1-5,7H3,(H,30,31,32)/b23-16+. The molecule has 0 unspecified atom stereocenters. The fourth-order valence-corrected chi connectivity index (χ4v) is 4.45. The number of pyridine rings is 1. The van der Waals surface area contributed by atoms with Crippen LogP contribution in [-0.2, 0) is 13.1 Å². The Morgan fingerprint density at radius 2 is 2.00 bits per heavy atom. The van der Waals surface area contributed by atoms with E-state index in [-0.39, 0.29) is 23.4 Å². The molecule has 1 aromatic carbocycles. The van der Waals surface area contributed by atoms with Crippen LogP contribution in [0.3, 0.4) is 0 Å². The first-order chi connectivity index (χ1) is 16.5. The Morgan fingerprint density at radius 3 is 2.66 bits per heavy atom. The molecule has 1 aromatic heterocycles. The summed E-state index contributed by atoms with van der Waals surface area (Å²) in [5, 5.41) is 2.89. The number of fused-ring (bicyclic) bond motifs is 2. The fourth-order valence-electron chi connectivity index (χ4n) is 4.45. The summed E-state index contributed by atoms with van der Waals surface area (Å²) >= 11 is 0. The molecule has 0 saturated carbocycles. The second-order valence-electron chi connectivity index (χ2n) is 9.96. The van der Waals surface area contributed by atoms with Gasteiger partial charge >= 0.3 is 0 Å². The zero-order valence-electron chi connectivity index (χ0n) is 21.1. The SMILES string of the molecule is C=NC(=Nc1ccc2c(n1)CN(C)C2)N/C(=C(\C)F)c1cc(F)c2c(c1)N(C(C)C)CC(C)(C)O2. The lowest BCUT2D eigenvalue weighted by molar-refractivity contribution is 0.0966. The number of benzene rings is 1. The third-order valence-electron chi connectivity index (χ3n) is 6.04. The van der Waals surface area contributed by atoms with Crippen molar-refractivity contribution in [3.05, 3.63) is 52.7 Å². The number of hydrogen-bond donors (Lipinski definition) is 1. The van der Waals surface area contributed by atoms with E-state index in [2.05, 4.69) is 36.8 Å². The third kappa shape index (κ3) is 5.19. The van der Waals surface area contributed by atoms with Gasteiger partial charge in [-0.05, 0) is 72.1 Å². The quantitative estimate of drug-likeness (QED) is 0.480. The zero-order valence-corrected chi connectivity index (χ0v) is 21.1. The molecule has 7 nitrogen and oxygen atoms in total. The maximum atomic E-state index is 15.3. The van der Waals surface area contributed by atoms with Crippen LogP contribution in [0.5, 0.6) is 5.75 Å². The van der Waals surface area contributed by atoms with Gasteiger partial charge in [0, 0.05) is 24.7 Å². The second-order valence-corrected chi connectivity index (χ2v) is 9.96. The van der Waals surface area contributed by atoms with E-state index in [0.717, 1.165) is 24.3 Å². The predicted molar refractivity (Wildman–Crippen MR) is 136 cm³/mol. The van der Waals surface area contributed by atoms with Gasteiger partial charge in [-0.3, -0.25) is 4.90 Å². The van der Waals surface area contributed by atoms with E-state index in [4.69, 9.17) is 4.74 Å². The van der Waals surface area contributed by atoms with Crippen LogP contribution in [-0.4, -0.2) is 47.8 Å². The predicted octanol–water partition coefficient (Wildman–Crippen LogP) is 5.19. The number of aliphatic imine (C=N–C) groups is 2. The van der Waals surface area contributed by atoms with Crippen LogP contribution in [0.1, 0.15) is 51.4 Å². The van der Waals surface area contributed by atoms with Gasteiger partial charge in [-0.15, -0.1) is 0 Å². The Bertz CT molecular complexity index is 1220. The zero-order chi connectivity index (χ0) is 25.5. The maximum absolute atomic E-state index is 15.3. The fraction of sp³-hybridized carbons (Fsp3) is 0.423. The molecule has 4 rings (SSSR count). The number of halogens is 2. The summed E-state index contributed by atoms with van der Waals surface area (Å²) in [7, 11) is 2.02. The maximum Gasteiger partial charge on any atom is 0.228 e. The summed E-state index contributed by atoms with van der Waals surface area (Å²) in [4.78, 5) is 17.1. The van der Waals surface area contributed by atoms with Crippen molar-refractivity contribution < 1.29 is 13.5 Å². The largest absolute Gasteiger partial charge is 0.481 e. The summed E-state index contributed by atoms with van der Waals surface area (Å²) in [5.74, 6) is -0.448. The molecule has 0 bridgehead atoms. The van der Waals surface area contributed by atoms with Crippen LogP contribution in [0.4, 0.5) is 20.3 Å². The van der Waals surface area contributed by atoms with E-state index in [9.17, 15) is 4.39 Å². The van der Waals surface area contributed by atoms with Crippen LogP contribution in [0.25, 0.3) is 5.70 Å². The third-order valence-corrected chi connectivity index (χ3v) is 6.04. The Morgan fingerprint density at radius 1 is 1.26 bits per heavy atom. The minimum atomic E-state index is -0.564. The number of rotatable bonds is 4. The van der Waals surface area contributed by atoms with Crippen LogP contribution in [0, 0.1) is 5.82 Å². The highest BCUT2D eigenvalue weighted by atomic mass is 19.1. The first-order valence-electron chi connectivity index (χ1n) is 11.6. The highest BCUT2D eigenvalue weighted by Crippen LogP contribution is 2.42. The molecule has 2 aliphatic heterocycles. The van der Waals surface area contributed by atoms with Crippen molar-refractivity contribution in [1.29, 1.82) is 0 Å². The lowest BCUT2D eigenvalue weighted by atomic mass is 10.0. The molecule has 2 aliphatic rings. The van der Waals surface area contributed by atoms with Crippen molar-refractivity contribution in [2.24, 2.45) is 9.98 Å². The second kappa shape index (κ2) is 9.37. The Kier molecular flexibility index (Phi) is 6.64. The van der Waals surface area contributed by atoms with Gasteiger partial charge in [0.15, 0.2) is 17.4 Å². The summed E-state index contributed by atoms with van der Waals surface area (Å²) < 4.78 is 36.0. The molecule has 9 heteroatoms. The summed E-state index contributed by atoms with van der Waals surface area (Å²) in [6.07, 6.45) is 0. The molecule has 0 atom stereocenters. The van der Waals surface area contributed by atoms with Crippen molar-refractivity contribution in [3.63, 3.8) is 0 Å². The van der Waals surface area contributed by atoms with Gasteiger partial charge in [0.25, 0.3) is 0 Å². The summed E-state index contributed by atoms with van der Waals surface area (Å²) in [5.41, 5.74) is 2.48. The average Bonchev–Trinajstić information content (AvgIpc) is 3.15. The monoisotopic (exact) mass is 482 g/mol. The molecule has 0 aliphatic carbocycles. The number of ether oxygens (including phenoxy) is 1. The Hall–Kier alpha value is -3.33. The number of aromatic nitrogens is 1. The molecular formula is C26H32F2N6O. The minimum absolute atomic E-state index is 0.0484. The van der Waals surface area contributed by atoms with E-state index in [1.807, 2.05) is 40.8 Å². The van der Waals surface area contributed by atoms with Crippen molar-refractivity contribution in [3.8, 4) is 5.75 Å². The van der Waals surface area contributed by atoms with Crippen LogP contribution in [0.15, 0.2) is 40.1 Å². The molecule has 35 heavy (non-hydrogen) atoms. The smallest absolute Gasteiger partial charge is 0.228 e. The van der Waals surface area contributed by atoms with E-state index in [0.29, 0.717) is 23.6 Å². The molecule has 2 aromatic rings. The van der Waals surface area contributed by atoms with E-state index < -0.39 is 17.2 Å². The number of nitrogens with zero attached hydrogens (tertiary/aromatic N) is 5. The van der Waals surface area contributed by atoms with E-state index in [1.54, 1.807) is 12.1 Å². The van der Waals surface area contributed by atoms with Crippen molar-refractivity contribution in [2.75, 3.05) is 18.5 Å². The van der Waals surface area contributed by atoms with Gasteiger partial charge in [-0.1, -0.05) is 6.07 Å². The Balaban J connectivity index is 1.69. The van der Waals surface area contributed by atoms with Gasteiger partial charge in [0.1, 0.15) is 11.4 Å². The molecular weight excluding hydrogens is 450 g/mol. The van der Waals surface area contributed by atoms with Gasteiger partial charge < -0.3 is 15.0 Å². The summed E-state index contributed by atoms with van der Waals surface area (Å²) in [6, 6.07) is 6.84. The lowest BCUT2D eigenvalue weighted by Gasteiger charge is -2.43. The molecule has 0 spiro atoms. The molecule has 0 amide bonds. The van der Waals surface area contributed by atoms with Crippen molar-refractivity contribution in [1.82, 2.24) is 15.2 Å². The average molecular weight is 483 g/mol. The molecule has 1 N–H and O–H groups in total. The summed E-state index contributed by atoms with van der Waals surface area (Å²) in [6.45, 7) is 14.9. The lowest BCUT2D eigenvalue weighted by Crippen LogP contribution is -2.49. The number of hydrogen-bond acceptors (Lipinski definition) is 5. The molecule has 0 radical (unpaired) electrons. The highest BCUT2D eigenvalue weighted by Gasteiger charge is 2.35. The number of guanidine groups is 1. The van der Waals surface area contributed by atoms with Crippen molar-refractivity contribution >= 4 is 29.9 Å². The van der Waals surface area contributed by atoms with Crippen LogP contribution in [0.2, 0.25) is 0 Å². The van der Waals surface area contributed by atoms with Gasteiger partial charge in [0.2, 0.25) is 5.96 Å². The molecule has 186 valence electrons. The van der Waals surface area contributed by atoms with Crippen LogP contribution >= 0.6 is 0 Å². The normalized spacial score (nSPS) is 18.1. The van der Waals surface area contributed by atoms with Crippen LogP contribution < -0.4 is 15.0 Å². The molecule has 0 saturated heterocycles.